The van der Waals surface area contributed by atoms with Crippen molar-refractivity contribution in [3.63, 3.8) is 0 Å². The summed E-state index contributed by atoms with van der Waals surface area (Å²) < 4.78 is 8.92. The van der Waals surface area contributed by atoms with E-state index in [2.05, 4.69) is 477 Å². The molecule has 16 rings (SSSR count). The van der Waals surface area contributed by atoms with Crippen LogP contribution in [0.25, 0.3) is 134 Å². The van der Waals surface area contributed by atoms with Crippen LogP contribution in [0.2, 0.25) is 0 Å². The van der Waals surface area contributed by atoms with Gasteiger partial charge in [-0.1, -0.05) is 205 Å². The standard InChI is InChI=1S/C30H32N.2C29H30N.C28H28N/c1-19-14-23(5)30(24(6)15-19)25-12-13-31(7)29(17-25)28-18-27(21(3)16-22(28)4)26-11-9-8-10-20(26)2;1-19-10-7-8-13-25(19)26-18-27(23(5)16-22(26)4)28-17-24(14-15-30(28)6)29-20(2)11-9-12-21(29)3;1-19-11-12-25(21(3)15-19)24-13-14-30(6)29(17-24)28-18-27(22(4)16-23(28)5)26-10-8-7-9-20(26)2;1-19-10-6-8-12-24(19)23-14-15-29(5)28(17-23)27-18-26(21(3)16-22(27)4)25-13-9-7-11-20(25)2/h8-18H,1-7H3;2*7-18H,1-6H3;6-18H,1-5H3/q4*+1. The molecular formula is C116H120N4+4. The van der Waals surface area contributed by atoms with E-state index < -0.39 is 0 Å². The Bertz CT molecular complexity index is 6530. The molecule has 0 aliphatic carbocycles. The lowest BCUT2D eigenvalue weighted by Gasteiger charge is -2.15. The van der Waals surface area contributed by atoms with Gasteiger partial charge in [0.05, 0.1) is 0 Å². The largest absolute Gasteiger partial charge is 0.213 e. The van der Waals surface area contributed by atoms with E-state index in [1.807, 2.05) is 0 Å². The summed E-state index contributed by atoms with van der Waals surface area (Å²) in [4.78, 5) is 0. The van der Waals surface area contributed by atoms with Crippen LogP contribution >= 0.6 is 0 Å². The first-order valence-electron chi connectivity index (χ1n) is 42.4. The molecule has 4 heterocycles. The van der Waals surface area contributed by atoms with Gasteiger partial charge in [0.15, 0.2) is 24.8 Å². The van der Waals surface area contributed by atoms with Crippen molar-refractivity contribution < 1.29 is 18.3 Å². The van der Waals surface area contributed by atoms with Gasteiger partial charge in [0.2, 0.25) is 22.8 Å². The maximum absolute atomic E-state index is 2.38. The monoisotopic (exact) mass is 1570 g/mol. The lowest BCUT2D eigenvalue weighted by Crippen LogP contribution is -2.30. The summed E-state index contributed by atoms with van der Waals surface area (Å²) in [5.74, 6) is 0. The van der Waals surface area contributed by atoms with Gasteiger partial charge in [-0.2, -0.15) is 0 Å². The Balaban J connectivity index is 0.000000138. The van der Waals surface area contributed by atoms with Gasteiger partial charge in [0.25, 0.3) is 0 Å². The van der Waals surface area contributed by atoms with Gasteiger partial charge in [0.1, 0.15) is 28.2 Å². The Kier molecular flexibility index (Phi) is 26.0. The van der Waals surface area contributed by atoms with E-state index in [1.54, 1.807) is 0 Å². The molecule has 0 aliphatic heterocycles. The van der Waals surface area contributed by atoms with E-state index in [0.717, 1.165) is 0 Å². The molecule has 0 saturated carbocycles. The van der Waals surface area contributed by atoms with Crippen LogP contribution in [0.4, 0.5) is 0 Å². The number of hydrogen-bond donors (Lipinski definition) is 0. The van der Waals surface area contributed by atoms with Crippen LogP contribution in [0.1, 0.15) is 111 Å². The molecule has 4 heteroatoms. The number of aromatic nitrogens is 4. The maximum Gasteiger partial charge on any atom is 0.213 e. The van der Waals surface area contributed by atoms with Crippen LogP contribution in [0.15, 0.2) is 292 Å². The van der Waals surface area contributed by atoms with Crippen molar-refractivity contribution in [2.45, 2.75) is 138 Å². The van der Waals surface area contributed by atoms with Crippen molar-refractivity contribution in [1.29, 1.82) is 0 Å². The highest BCUT2D eigenvalue weighted by atomic mass is 14.9. The first kappa shape index (κ1) is 85.1. The molecule has 0 amide bonds. The number of hydrogen-bond acceptors (Lipinski definition) is 0. The van der Waals surface area contributed by atoms with Crippen molar-refractivity contribution in [2.24, 2.45) is 28.2 Å². The van der Waals surface area contributed by atoms with Crippen molar-refractivity contribution in [2.75, 3.05) is 0 Å². The fourth-order valence-corrected chi connectivity index (χ4v) is 18.1. The molecular weight excluding hydrogens is 1450 g/mol. The van der Waals surface area contributed by atoms with E-state index in [4.69, 9.17) is 0 Å². The summed E-state index contributed by atoms with van der Waals surface area (Å²) in [7, 11) is 8.54. The van der Waals surface area contributed by atoms with Gasteiger partial charge in [0, 0.05) is 70.8 Å². The topological polar surface area (TPSA) is 15.5 Å². The molecule has 16 aromatic rings. The van der Waals surface area contributed by atoms with Crippen molar-refractivity contribution in [1.82, 2.24) is 0 Å². The molecule has 0 saturated heterocycles. The van der Waals surface area contributed by atoms with Crippen molar-refractivity contribution in [3.8, 4) is 134 Å². The minimum absolute atomic E-state index is 1.23. The predicted octanol–water partition coefficient (Wildman–Crippen LogP) is 28.2. The number of aryl methyl sites for hydroxylation is 24. The van der Waals surface area contributed by atoms with Crippen molar-refractivity contribution >= 4 is 0 Å². The average Bonchev–Trinajstić information content (AvgIpc) is 0.793. The predicted molar refractivity (Wildman–Crippen MR) is 510 cm³/mol. The lowest BCUT2D eigenvalue weighted by molar-refractivity contribution is -0.660. The molecule has 0 fully saturated rings. The molecule has 4 nitrogen and oxygen atoms in total. The van der Waals surface area contributed by atoms with Gasteiger partial charge < -0.3 is 0 Å². The van der Waals surface area contributed by atoms with Gasteiger partial charge in [-0.3, -0.25) is 0 Å². The van der Waals surface area contributed by atoms with Crippen LogP contribution in [0.5, 0.6) is 0 Å². The van der Waals surface area contributed by atoms with E-state index in [9.17, 15) is 0 Å². The third-order valence-corrected chi connectivity index (χ3v) is 24.6. The molecule has 0 N–H and O–H groups in total. The highest BCUT2D eigenvalue weighted by molar-refractivity contribution is 5.85. The Labute approximate surface area is 717 Å². The molecule has 0 unspecified atom stereocenters. The van der Waals surface area contributed by atoms with Crippen LogP contribution in [-0.4, -0.2) is 0 Å². The molecule has 12 aromatic carbocycles. The molecule has 0 aliphatic rings. The maximum atomic E-state index is 2.38. The zero-order valence-corrected chi connectivity index (χ0v) is 75.5. The first-order valence-corrected chi connectivity index (χ1v) is 42.4. The number of benzene rings is 12. The molecule has 0 atom stereocenters. The third-order valence-electron chi connectivity index (χ3n) is 24.6. The number of pyridine rings is 4. The quantitative estimate of drug-likeness (QED) is 0.108. The second-order valence-electron chi connectivity index (χ2n) is 34.0. The normalized spacial score (nSPS) is 11.0. The minimum atomic E-state index is 1.23. The van der Waals surface area contributed by atoms with Gasteiger partial charge in [-0.05, 0) is 352 Å². The van der Waals surface area contributed by atoms with E-state index in [0.29, 0.717) is 0 Å². The average molecular weight is 1570 g/mol. The SMILES string of the molecule is Cc1cc(C)c(-c2cc[n+](C)c(-c3cc(-c4ccccc4C)c(C)cc3C)c2)c(C)c1.Cc1ccc(-c2cc[n+](C)c(-c3cc(-c4ccccc4C)c(C)cc3C)c2)c(C)c1.Cc1ccccc1-c1cc(-c2cc(-c3c(C)cccc3C)cc[n+]2C)c(C)cc1C.Cc1ccccc1-c1cc[n+](C)c(-c2cc(-c3ccccc3C)c(C)cc2C)c1. The van der Waals surface area contributed by atoms with Gasteiger partial charge >= 0.3 is 0 Å². The Morgan fingerprint density at radius 2 is 0.367 bits per heavy atom. The Hall–Kier alpha value is -12.8. The summed E-state index contributed by atoms with van der Waals surface area (Å²) in [6.45, 7) is 44.0. The molecule has 4 aromatic heterocycles. The minimum Gasteiger partial charge on any atom is -0.201 e. The summed E-state index contributed by atoms with van der Waals surface area (Å²) >= 11 is 0. The summed E-state index contributed by atoms with van der Waals surface area (Å²) in [5.41, 5.74) is 57.2. The van der Waals surface area contributed by atoms with Gasteiger partial charge in [-0.25, -0.2) is 18.3 Å². The van der Waals surface area contributed by atoms with Gasteiger partial charge in [-0.15, -0.1) is 0 Å². The second-order valence-corrected chi connectivity index (χ2v) is 34.0. The Morgan fingerprint density at radius 1 is 0.142 bits per heavy atom. The number of rotatable bonds is 12. The number of nitrogens with zero attached hydrogens (tertiary/aromatic N) is 4. The molecule has 0 spiro atoms. The van der Waals surface area contributed by atoms with Crippen LogP contribution in [0.3, 0.4) is 0 Å². The highest BCUT2D eigenvalue weighted by Crippen LogP contribution is 2.41. The zero-order chi connectivity index (χ0) is 85.7. The van der Waals surface area contributed by atoms with E-state index >= 15 is 0 Å². The summed E-state index contributed by atoms with van der Waals surface area (Å²) in [6, 6.07) is 98.0. The first-order chi connectivity index (χ1) is 57.4. The summed E-state index contributed by atoms with van der Waals surface area (Å²) in [6.07, 6.45) is 8.72. The van der Waals surface area contributed by atoms with Crippen LogP contribution in [0, 0.1) is 138 Å². The van der Waals surface area contributed by atoms with E-state index in [-0.39, 0.29) is 0 Å². The molecule has 0 radical (unpaired) electrons. The highest BCUT2D eigenvalue weighted by Gasteiger charge is 2.25. The second kappa shape index (κ2) is 36.6. The molecule has 600 valence electrons. The summed E-state index contributed by atoms with van der Waals surface area (Å²) in [5, 5.41) is 0. The third kappa shape index (κ3) is 18.4. The fourth-order valence-electron chi connectivity index (χ4n) is 18.1. The van der Waals surface area contributed by atoms with Crippen LogP contribution in [-0.2, 0) is 28.2 Å². The lowest BCUT2D eigenvalue weighted by atomic mass is 9.90. The zero-order valence-electron chi connectivity index (χ0n) is 75.5. The van der Waals surface area contributed by atoms with Crippen LogP contribution < -0.4 is 18.3 Å². The molecule has 120 heavy (non-hydrogen) atoms. The smallest absolute Gasteiger partial charge is 0.201 e. The Morgan fingerprint density at radius 3 is 0.658 bits per heavy atom. The fraction of sp³-hybridized carbons (Fsp3) is 0.207. The van der Waals surface area contributed by atoms with E-state index in [1.165, 1.54) is 245 Å². The van der Waals surface area contributed by atoms with Crippen molar-refractivity contribution in [3.05, 3.63) is 403 Å². The molecule has 0 bridgehead atoms.